The van der Waals surface area contributed by atoms with Crippen LogP contribution in [0.5, 0.6) is 0 Å². The molecule has 0 aromatic rings. The lowest BCUT2D eigenvalue weighted by atomic mass is 10.1. The lowest BCUT2D eigenvalue weighted by molar-refractivity contribution is 0.157. The molecule has 11 heavy (non-hydrogen) atoms. The molecule has 0 aliphatic rings. The second-order valence-electron chi connectivity index (χ2n) is 2.34. The molecule has 0 aromatic carbocycles. The number of allylic oxidation sites excluding steroid dienone is 1. The van der Waals surface area contributed by atoms with Crippen LogP contribution in [0, 0.1) is 0 Å². The van der Waals surface area contributed by atoms with Crippen molar-refractivity contribution in [3.63, 3.8) is 0 Å². The molecule has 0 bridgehead atoms. The molecule has 0 aromatic heterocycles. The Morgan fingerprint density at radius 3 is 2.36 bits per heavy atom. The van der Waals surface area contributed by atoms with Crippen molar-refractivity contribution in [3.05, 3.63) is 12.7 Å². The van der Waals surface area contributed by atoms with Gasteiger partial charge in [-0.3, -0.25) is 0 Å². The number of hydrogen-bond donors (Lipinski definition) is 1. The molecule has 0 saturated heterocycles. The Balaban J connectivity index is 3.51. The molecular weight excluding hydrogens is 206 g/mol. The molecule has 0 saturated carbocycles. The summed E-state index contributed by atoms with van der Waals surface area (Å²) in [6.45, 7) is 3.52. The van der Waals surface area contributed by atoms with Crippen LogP contribution in [0.3, 0.4) is 0 Å². The van der Waals surface area contributed by atoms with Crippen LogP contribution in [0.4, 0.5) is 0 Å². The first-order chi connectivity index (χ1) is 4.95. The van der Waals surface area contributed by atoms with Crippen LogP contribution in [0.2, 0.25) is 0 Å². The summed E-state index contributed by atoms with van der Waals surface area (Å²) in [7, 11) is 0. The predicted octanol–water partition coefficient (Wildman–Crippen LogP) is 3.07. The van der Waals surface area contributed by atoms with Gasteiger partial charge in [0.2, 0.25) is 0 Å². The second-order valence-corrected chi connectivity index (χ2v) is 4.86. The summed E-state index contributed by atoms with van der Waals surface area (Å²) in [5, 5.41) is 9.21. The van der Waals surface area contributed by atoms with Gasteiger partial charge in [0.15, 0.2) is 3.79 Å². The number of hydrogen-bond acceptors (Lipinski definition) is 1. The van der Waals surface area contributed by atoms with Gasteiger partial charge in [-0.2, -0.15) is 0 Å². The average molecular weight is 218 g/mol. The van der Waals surface area contributed by atoms with Crippen molar-refractivity contribution < 1.29 is 5.11 Å². The number of halogens is 3. The molecule has 0 aliphatic heterocycles. The molecule has 1 N–H and O–H groups in total. The van der Waals surface area contributed by atoms with Gasteiger partial charge in [0.25, 0.3) is 0 Å². The minimum Gasteiger partial charge on any atom is -0.393 e. The third kappa shape index (κ3) is 8.48. The molecule has 0 radical (unpaired) electrons. The first-order valence-electron chi connectivity index (χ1n) is 3.31. The first kappa shape index (κ1) is 11.6. The van der Waals surface area contributed by atoms with E-state index in [1.807, 2.05) is 0 Å². The van der Waals surface area contributed by atoms with Crippen LogP contribution in [-0.4, -0.2) is 15.0 Å². The SMILES string of the molecule is C=CCCC(O)CC(Cl)(Cl)Cl. The summed E-state index contributed by atoms with van der Waals surface area (Å²) in [4.78, 5) is 0. The summed E-state index contributed by atoms with van der Waals surface area (Å²) in [5.74, 6) is 0. The van der Waals surface area contributed by atoms with Crippen LogP contribution in [0.25, 0.3) is 0 Å². The second kappa shape index (κ2) is 5.26. The van der Waals surface area contributed by atoms with Gasteiger partial charge in [0.05, 0.1) is 6.10 Å². The third-order valence-electron chi connectivity index (χ3n) is 1.17. The van der Waals surface area contributed by atoms with Crippen LogP contribution in [0.1, 0.15) is 19.3 Å². The maximum atomic E-state index is 9.21. The Bertz CT molecular complexity index is 119. The Kier molecular flexibility index (Phi) is 5.53. The molecule has 0 amide bonds. The van der Waals surface area contributed by atoms with E-state index < -0.39 is 9.90 Å². The zero-order valence-corrected chi connectivity index (χ0v) is 8.33. The van der Waals surface area contributed by atoms with Crippen LogP contribution in [-0.2, 0) is 0 Å². The van der Waals surface area contributed by atoms with Crippen LogP contribution < -0.4 is 0 Å². The van der Waals surface area contributed by atoms with Crippen molar-refractivity contribution >= 4 is 34.8 Å². The fourth-order valence-corrected chi connectivity index (χ4v) is 1.21. The van der Waals surface area contributed by atoms with Crippen molar-refractivity contribution in [2.75, 3.05) is 0 Å². The fraction of sp³-hybridized carbons (Fsp3) is 0.714. The monoisotopic (exact) mass is 216 g/mol. The van der Waals surface area contributed by atoms with Gasteiger partial charge in [0, 0.05) is 6.42 Å². The highest BCUT2D eigenvalue weighted by molar-refractivity contribution is 6.67. The lowest BCUT2D eigenvalue weighted by Gasteiger charge is -2.15. The van der Waals surface area contributed by atoms with Crippen molar-refractivity contribution in [1.82, 2.24) is 0 Å². The standard InChI is InChI=1S/C7H11Cl3O/c1-2-3-4-6(11)5-7(8,9)10/h2,6,11H,1,3-5H2. The predicted molar refractivity (Wildman–Crippen MR) is 50.3 cm³/mol. The zero-order valence-electron chi connectivity index (χ0n) is 6.06. The summed E-state index contributed by atoms with van der Waals surface area (Å²) in [6, 6.07) is 0. The van der Waals surface area contributed by atoms with E-state index in [1.165, 1.54) is 0 Å². The summed E-state index contributed by atoms with van der Waals surface area (Å²) < 4.78 is -1.35. The largest absolute Gasteiger partial charge is 0.393 e. The first-order valence-corrected chi connectivity index (χ1v) is 4.45. The topological polar surface area (TPSA) is 20.2 Å². The minimum absolute atomic E-state index is 0.172. The van der Waals surface area contributed by atoms with E-state index in [0.29, 0.717) is 6.42 Å². The van der Waals surface area contributed by atoms with E-state index in [4.69, 9.17) is 34.8 Å². The van der Waals surface area contributed by atoms with Crippen LogP contribution >= 0.6 is 34.8 Å². The molecule has 0 fully saturated rings. The van der Waals surface area contributed by atoms with E-state index in [-0.39, 0.29) is 6.42 Å². The maximum absolute atomic E-state index is 9.21. The Morgan fingerprint density at radius 2 is 2.00 bits per heavy atom. The van der Waals surface area contributed by atoms with E-state index in [9.17, 15) is 5.11 Å². The highest BCUT2D eigenvalue weighted by atomic mass is 35.6. The molecule has 66 valence electrons. The number of aliphatic hydroxyl groups excluding tert-OH is 1. The quantitative estimate of drug-likeness (QED) is 0.567. The summed E-state index contributed by atoms with van der Waals surface area (Å²) in [6.07, 6.45) is 2.67. The normalized spacial score (nSPS) is 14.5. The van der Waals surface area contributed by atoms with Gasteiger partial charge in [-0.05, 0) is 12.8 Å². The molecule has 0 rings (SSSR count). The van der Waals surface area contributed by atoms with Crippen molar-refractivity contribution in [2.24, 2.45) is 0 Å². The summed E-state index contributed by atoms with van der Waals surface area (Å²) >= 11 is 16.4. The van der Waals surface area contributed by atoms with Crippen molar-refractivity contribution in [2.45, 2.75) is 29.2 Å². The molecule has 0 heterocycles. The molecular formula is C7H11Cl3O. The number of aliphatic hydroxyl groups is 1. The van der Waals surface area contributed by atoms with Gasteiger partial charge in [0.1, 0.15) is 0 Å². The van der Waals surface area contributed by atoms with Gasteiger partial charge in [-0.25, -0.2) is 0 Å². The van der Waals surface area contributed by atoms with Gasteiger partial charge >= 0.3 is 0 Å². The zero-order chi connectivity index (χ0) is 8.91. The highest BCUT2D eigenvalue weighted by Crippen LogP contribution is 2.32. The van der Waals surface area contributed by atoms with E-state index in [0.717, 1.165) is 6.42 Å². The fourth-order valence-electron chi connectivity index (χ4n) is 0.679. The number of rotatable bonds is 4. The Hall–Kier alpha value is 0.570. The summed E-state index contributed by atoms with van der Waals surface area (Å²) in [5.41, 5.74) is 0. The van der Waals surface area contributed by atoms with Crippen molar-refractivity contribution in [3.8, 4) is 0 Å². The van der Waals surface area contributed by atoms with Crippen LogP contribution in [0.15, 0.2) is 12.7 Å². The molecule has 0 spiro atoms. The van der Waals surface area contributed by atoms with Crippen molar-refractivity contribution in [1.29, 1.82) is 0 Å². The lowest BCUT2D eigenvalue weighted by Crippen LogP contribution is -2.15. The van der Waals surface area contributed by atoms with Gasteiger partial charge in [-0.1, -0.05) is 40.9 Å². The molecule has 4 heteroatoms. The number of alkyl halides is 3. The third-order valence-corrected chi connectivity index (χ3v) is 1.63. The Labute approximate surface area is 81.9 Å². The van der Waals surface area contributed by atoms with Gasteiger partial charge < -0.3 is 5.11 Å². The highest BCUT2D eigenvalue weighted by Gasteiger charge is 2.23. The van der Waals surface area contributed by atoms with Gasteiger partial charge in [-0.15, -0.1) is 6.58 Å². The van der Waals surface area contributed by atoms with E-state index in [1.54, 1.807) is 6.08 Å². The molecule has 1 atom stereocenters. The van der Waals surface area contributed by atoms with E-state index in [2.05, 4.69) is 6.58 Å². The molecule has 0 aliphatic carbocycles. The average Bonchev–Trinajstić information content (AvgIpc) is 1.79. The smallest absolute Gasteiger partial charge is 0.193 e. The maximum Gasteiger partial charge on any atom is 0.193 e. The Morgan fingerprint density at radius 1 is 1.45 bits per heavy atom. The minimum atomic E-state index is -1.35. The molecule has 1 nitrogen and oxygen atoms in total. The van der Waals surface area contributed by atoms with E-state index >= 15 is 0 Å². The molecule has 1 unspecified atom stereocenters.